The van der Waals surface area contributed by atoms with Gasteiger partial charge in [0.05, 0.1) is 27.8 Å². The fraction of sp³-hybridized carbons (Fsp3) is 0.446. The van der Waals surface area contributed by atoms with Gasteiger partial charge in [-0.25, -0.2) is 24.9 Å². The molecule has 94 heavy (non-hydrogen) atoms. The van der Waals surface area contributed by atoms with Crippen molar-refractivity contribution in [3.63, 3.8) is 0 Å². The summed E-state index contributed by atoms with van der Waals surface area (Å²) in [5.41, 5.74) is 8.97. The first-order chi connectivity index (χ1) is 44.9. The van der Waals surface area contributed by atoms with Crippen LogP contribution in [-0.2, 0) is 7.05 Å². The molecule has 0 bridgehead atoms. The highest BCUT2D eigenvalue weighted by atomic mass is 15.1. The molecule has 7 heterocycles. The van der Waals surface area contributed by atoms with E-state index in [4.69, 9.17) is 0 Å². The maximum Gasteiger partial charge on any atom is 0.131 e. The number of para-hydroxylation sites is 4. The van der Waals surface area contributed by atoms with Gasteiger partial charge in [0.1, 0.15) is 17.5 Å². The van der Waals surface area contributed by atoms with E-state index in [1.165, 1.54) is 33.1 Å². The second-order valence-electron chi connectivity index (χ2n) is 21.3. The zero-order valence-corrected chi connectivity index (χ0v) is 63.4. The Kier molecular flexibility index (Phi) is 56.4. The van der Waals surface area contributed by atoms with Crippen molar-refractivity contribution in [2.75, 3.05) is 0 Å². The molecule has 0 unspecified atom stereocenters. The van der Waals surface area contributed by atoms with Gasteiger partial charge in [-0.05, 0) is 83.7 Å². The van der Waals surface area contributed by atoms with Gasteiger partial charge < -0.3 is 4.57 Å². The lowest BCUT2D eigenvalue weighted by Gasteiger charge is -2.04. The van der Waals surface area contributed by atoms with E-state index in [9.17, 15) is 0 Å². The first-order valence-corrected chi connectivity index (χ1v) is 34.7. The normalized spacial score (nSPS) is 9.49. The van der Waals surface area contributed by atoms with Gasteiger partial charge in [0, 0.05) is 108 Å². The molecule has 0 spiro atoms. The molecule has 7 aromatic heterocycles. The van der Waals surface area contributed by atoms with Crippen LogP contribution in [0.25, 0.3) is 43.6 Å². The second-order valence-corrected chi connectivity index (χ2v) is 21.3. The lowest BCUT2D eigenvalue weighted by molar-refractivity contribution is 0.722. The minimum atomic E-state index is 0. The molecule has 0 amide bonds. The molecule has 4 aromatic carbocycles. The summed E-state index contributed by atoms with van der Waals surface area (Å²) in [5.74, 6) is 6.34. The molecular weight excluding hydrogens is 1150 g/mol. The molecule has 0 aliphatic carbocycles. The summed E-state index contributed by atoms with van der Waals surface area (Å²) in [6.07, 6.45) is 14.4. The van der Waals surface area contributed by atoms with E-state index in [1.54, 1.807) is 31.0 Å². The highest BCUT2D eigenvalue weighted by molar-refractivity contribution is 5.82. The number of pyridine rings is 3. The van der Waals surface area contributed by atoms with Crippen molar-refractivity contribution in [2.24, 2.45) is 7.05 Å². The molecule has 11 rings (SSSR count). The van der Waals surface area contributed by atoms with Gasteiger partial charge in [-0.2, -0.15) is 0 Å². The number of imidazole rings is 1. The molecule has 0 aliphatic rings. The van der Waals surface area contributed by atoms with E-state index >= 15 is 0 Å². The molecule has 0 saturated heterocycles. The summed E-state index contributed by atoms with van der Waals surface area (Å²) in [7, 11) is 2.07. The fourth-order valence-corrected chi connectivity index (χ4v) is 7.70. The zero-order chi connectivity index (χ0) is 71.3. The smallest absolute Gasteiger partial charge is 0.131 e. The third-order valence-corrected chi connectivity index (χ3v) is 12.4. The van der Waals surface area contributed by atoms with Gasteiger partial charge in [-0.15, -0.1) is 0 Å². The van der Waals surface area contributed by atoms with Crippen molar-refractivity contribution in [3.8, 4) is 0 Å². The topological polar surface area (TPSA) is 134 Å². The van der Waals surface area contributed by atoms with Crippen LogP contribution >= 0.6 is 0 Å². The van der Waals surface area contributed by atoms with E-state index in [-0.39, 0.29) is 7.43 Å². The van der Waals surface area contributed by atoms with Gasteiger partial charge in [0.15, 0.2) is 0 Å². The monoisotopic (exact) mass is 1280 g/mol. The van der Waals surface area contributed by atoms with E-state index in [0.29, 0.717) is 41.4 Å². The Labute approximate surface area is 574 Å². The van der Waals surface area contributed by atoms with Crippen LogP contribution in [0, 0.1) is 0 Å². The molecule has 516 valence electrons. The van der Waals surface area contributed by atoms with Crippen molar-refractivity contribution in [3.05, 3.63) is 229 Å². The number of aryl methyl sites for hydroxylation is 1. The number of fused-ring (bicyclic) bond motifs is 4. The third-order valence-electron chi connectivity index (χ3n) is 12.4. The van der Waals surface area contributed by atoms with E-state index in [1.807, 2.05) is 194 Å². The van der Waals surface area contributed by atoms with Gasteiger partial charge in [0.25, 0.3) is 0 Å². The number of nitrogens with zero attached hydrogens (tertiary/aromatic N) is 11. The Bertz CT molecular complexity index is 3170. The number of aromatic nitrogens is 11. The number of rotatable bonds is 7. The second kappa shape index (κ2) is 57.5. The van der Waals surface area contributed by atoms with Crippen LogP contribution in [0.2, 0.25) is 0 Å². The molecule has 11 aromatic rings. The van der Waals surface area contributed by atoms with E-state index < -0.39 is 0 Å². The zero-order valence-electron chi connectivity index (χ0n) is 63.4. The molecule has 0 N–H and O–H groups in total. The van der Waals surface area contributed by atoms with Crippen LogP contribution in [0.3, 0.4) is 0 Å². The Morgan fingerprint density at radius 3 is 1.15 bits per heavy atom. The van der Waals surface area contributed by atoms with Crippen molar-refractivity contribution >= 4 is 43.6 Å². The number of hydrogen-bond donors (Lipinski definition) is 0. The predicted octanol–water partition coefficient (Wildman–Crippen LogP) is 25.4. The number of benzene rings is 4. The minimum absolute atomic E-state index is 0. The summed E-state index contributed by atoms with van der Waals surface area (Å²) in [6, 6.07) is 47.0. The SMILES string of the molecule is C.CC.CC.CC.CC.CC.CC.CC.CC(C)c1cc2ccccc2cn1.CC(C)c1ccc2ccccc2n1.CC(C)c1ccccn1.CC(C)c1cnccn1.CC(C)c1nc2ccccc2n1C.CC(C)c1ncc2ccccc2n1.CC(C)c1ncccn1. The minimum Gasteiger partial charge on any atom is -0.331 e. The average molecular weight is 1280 g/mol. The van der Waals surface area contributed by atoms with Crippen LogP contribution < -0.4 is 0 Å². The molecule has 0 fully saturated rings. The Hall–Kier alpha value is -8.18. The fourth-order valence-electron chi connectivity index (χ4n) is 7.70. The molecule has 0 saturated carbocycles. The van der Waals surface area contributed by atoms with E-state index in [0.717, 1.165) is 50.8 Å². The highest BCUT2D eigenvalue weighted by Crippen LogP contribution is 2.22. The molecule has 0 radical (unpaired) electrons. The lowest BCUT2D eigenvalue weighted by Crippen LogP contribution is -1.99. The molecule has 11 heteroatoms. The van der Waals surface area contributed by atoms with Crippen LogP contribution in [0.4, 0.5) is 0 Å². The largest absolute Gasteiger partial charge is 0.331 e. The molecule has 0 atom stereocenters. The van der Waals surface area contributed by atoms with Crippen LogP contribution in [0.15, 0.2) is 189 Å². The van der Waals surface area contributed by atoms with E-state index in [2.05, 4.69) is 219 Å². The maximum absolute atomic E-state index is 4.57. The Morgan fingerprint density at radius 1 is 0.277 bits per heavy atom. The first-order valence-electron chi connectivity index (χ1n) is 34.7. The Morgan fingerprint density at radius 2 is 0.713 bits per heavy atom. The summed E-state index contributed by atoms with van der Waals surface area (Å²) in [4.78, 5) is 42.7. The van der Waals surface area contributed by atoms with Gasteiger partial charge >= 0.3 is 0 Å². The lowest BCUT2D eigenvalue weighted by atomic mass is 10.1. The maximum atomic E-state index is 4.57. The predicted molar refractivity (Wildman–Crippen MR) is 417 cm³/mol. The van der Waals surface area contributed by atoms with Crippen LogP contribution in [0.1, 0.15) is 283 Å². The summed E-state index contributed by atoms with van der Waals surface area (Å²) < 4.78 is 2.17. The summed E-state index contributed by atoms with van der Waals surface area (Å²) >= 11 is 0. The van der Waals surface area contributed by atoms with Gasteiger partial charge in [-0.1, -0.05) is 286 Å². The first kappa shape index (κ1) is 92.2. The molecule has 0 aliphatic heterocycles. The standard InChI is InChI=1S/2C12H13N.C11H14N2.C11H12N2.C8H11N.2C7H10N2.7C2H6.CH4/c1-9(2)12-7-10-5-3-4-6-11(10)8-13-12;1-9(2)11-8-7-10-5-3-4-6-12(10)13-11;1-8(2)11-12-9-6-4-5-7-10(9)13(11)3;1-8(2)11-12-7-9-5-3-4-6-10(9)13-11;1-7(2)8-5-3-4-6-9-8;1-6(2)7-5-8-3-4-9-7;1-6(2)7-8-4-3-5-9-7;7*1-2;/h2*3-9H,1-2H3;4-8H,1-3H3;3-8H,1-2H3;3-7H,1-2H3;2*3-6H,1-2H3;7*1-2H3;1H4. The van der Waals surface area contributed by atoms with Crippen molar-refractivity contribution in [2.45, 2.75) is 243 Å². The van der Waals surface area contributed by atoms with Crippen LogP contribution in [0.5, 0.6) is 0 Å². The third kappa shape index (κ3) is 35.7. The summed E-state index contributed by atoms with van der Waals surface area (Å²) in [6.45, 7) is 57.8. The van der Waals surface area contributed by atoms with Crippen molar-refractivity contribution in [1.29, 1.82) is 0 Å². The average Bonchev–Trinajstić information content (AvgIpc) is 1.63. The van der Waals surface area contributed by atoms with Crippen molar-refractivity contribution < 1.29 is 0 Å². The van der Waals surface area contributed by atoms with Gasteiger partial charge in [-0.3, -0.25) is 24.9 Å². The van der Waals surface area contributed by atoms with Crippen molar-refractivity contribution in [1.82, 2.24) is 54.4 Å². The Balaban J connectivity index is -0.000000488. The summed E-state index contributed by atoms with van der Waals surface area (Å²) in [5, 5.41) is 4.81. The van der Waals surface area contributed by atoms with Crippen LogP contribution in [-0.4, -0.2) is 54.4 Å². The highest BCUT2D eigenvalue weighted by Gasteiger charge is 2.10. The molecular formula is C83H129N11. The van der Waals surface area contributed by atoms with Gasteiger partial charge in [0.2, 0.25) is 0 Å². The molecule has 11 nitrogen and oxygen atoms in total. The quantitative estimate of drug-likeness (QED) is 0.152. The number of hydrogen-bond acceptors (Lipinski definition) is 10.